The molecule has 5 aromatic rings. The van der Waals surface area contributed by atoms with Gasteiger partial charge in [-0.1, -0.05) is 30.4 Å². The SMILES string of the molecule is COc1ccc(C2(C#N)CCC(C(=O)O)CC2)c2c1OCCCO2.COc1ccc(C2(C#N)CCC(C(=O)O)CC2)c2c1OCCO2.COc1ccc(C2(C#N)CCC(C(=O)O)CC2)cc1OC1CCCC1.COc1ccc([C@@H](Cc2ccncc2)C2=CCCC=C2)cc1OC1CCCC1. The summed E-state index contributed by atoms with van der Waals surface area (Å²) in [4.78, 5) is 37.7. The van der Waals surface area contributed by atoms with Crippen LogP contribution in [0.5, 0.6) is 57.5 Å². The highest BCUT2D eigenvalue weighted by Crippen LogP contribution is 2.53. The van der Waals surface area contributed by atoms with Gasteiger partial charge in [0, 0.05) is 35.9 Å². The average molecular weight is 1370 g/mol. The van der Waals surface area contributed by atoms with Crippen LogP contribution >= 0.6 is 0 Å². The second-order valence-electron chi connectivity index (χ2n) is 27.2. The number of allylic oxidation sites excluding steroid dienone is 4. The molecule has 3 N–H and O–H groups in total. The third kappa shape index (κ3) is 17.2. The molecular formula is C80H94N4O16. The minimum absolute atomic E-state index is 0.213. The zero-order chi connectivity index (χ0) is 70.7. The number of pyridine rings is 1. The van der Waals surface area contributed by atoms with E-state index >= 15 is 0 Å². The van der Waals surface area contributed by atoms with Crippen LogP contribution in [0.25, 0.3) is 0 Å². The average Bonchev–Trinajstić information content (AvgIpc) is 0.914. The van der Waals surface area contributed by atoms with E-state index in [9.17, 15) is 40.4 Å². The number of hydrogen-bond donors (Lipinski definition) is 3. The molecule has 0 unspecified atom stereocenters. The van der Waals surface area contributed by atoms with Gasteiger partial charge in [-0.25, -0.2) is 0 Å². The number of carboxylic acids is 3. The van der Waals surface area contributed by atoms with E-state index in [2.05, 4.69) is 71.8 Å². The number of aliphatic carboxylic acids is 3. The highest BCUT2D eigenvalue weighted by atomic mass is 16.6. The molecule has 0 radical (unpaired) electrons. The third-order valence-electron chi connectivity index (χ3n) is 21.3. The van der Waals surface area contributed by atoms with Gasteiger partial charge in [0.25, 0.3) is 0 Å². The van der Waals surface area contributed by atoms with E-state index in [1.807, 2.05) is 42.7 Å². The molecule has 1 aromatic heterocycles. The molecule has 6 aliphatic carbocycles. The molecule has 13 rings (SSSR count). The van der Waals surface area contributed by atoms with Gasteiger partial charge in [0.15, 0.2) is 46.0 Å². The molecule has 3 heterocycles. The molecule has 4 aromatic carbocycles. The number of carbonyl (C=O) groups is 3. The maximum atomic E-state index is 11.2. The Morgan fingerprint density at radius 1 is 0.490 bits per heavy atom. The lowest BCUT2D eigenvalue weighted by Gasteiger charge is -2.36. The summed E-state index contributed by atoms with van der Waals surface area (Å²) in [5.41, 5.74) is 4.33. The molecule has 8 aliphatic rings. The fourth-order valence-corrected chi connectivity index (χ4v) is 15.4. The molecule has 0 saturated heterocycles. The highest BCUT2D eigenvalue weighted by Gasteiger charge is 2.45. The van der Waals surface area contributed by atoms with Crippen molar-refractivity contribution in [1.82, 2.24) is 4.98 Å². The first-order valence-electron chi connectivity index (χ1n) is 35.4. The van der Waals surface area contributed by atoms with Gasteiger partial charge in [0.1, 0.15) is 13.2 Å². The van der Waals surface area contributed by atoms with E-state index in [0.29, 0.717) is 161 Å². The van der Waals surface area contributed by atoms with Gasteiger partial charge in [-0.05, 0) is 231 Å². The van der Waals surface area contributed by atoms with E-state index in [0.717, 1.165) is 79.6 Å². The Bertz CT molecular complexity index is 3810. The van der Waals surface area contributed by atoms with Crippen LogP contribution in [-0.4, -0.2) is 105 Å². The van der Waals surface area contributed by atoms with E-state index in [1.54, 1.807) is 40.6 Å². The number of carboxylic acid groups (broad SMARTS) is 3. The molecule has 0 spiro atoms. The zero-order valence-electron chi connectivity index (χ0n) is 58.0. The largest absolute Gasteiger partial charge is 0.493 e. The lowest BCUT2D eigenvalue weighted by atomic mass is 9.67. The summed E-state index contributed by atoms with van der Waals surface area (Å²) >= 11 is 0. The first-order chi connectivity index (χ1) is 48.6. The Labute approximate surface area is 586 Å². The van der Waals surface area contributed by atoms with E-state index in [1.165, 1.54) is 42.4 Å². The van der Waals surface area contributed by atoms with Crippen LogP contribution in [0.3, 0.4) is 0 Å². The van der Waals surface area contributed by atoms with E-state index < -0.39 is 34.2 Å². The second kappa shape index (κ2) is 34.4. The van der Waals surface area contributed by atoms with Crippen molar-refractivity contribution < 1.29 is 77.1 Å². The number of nitrogens with zero attached hydrogens (tertiary/aromatic N) is 4. The van der Waals surface area contributed by atoms with Crippen LogP contribution in [0.2, 0.25) is 0 Å². The smallest absolute Gasteiger partial charge is 0.306 e. The van der Waals surface area contributed by atoms with Gasteiger partial charge in [0.05, 0.1) is 106 Å². The van der Waals surface area contributed by atoms with Crippen molar-refractivity contribution in [2.24, 2.45) is 17.8 Å². The van der Waals surface area contributed by atoms with Crippen molar-refractivity contribution in [2.75, 3.05) is 54.9 Å². The van der Waals surface area contributed by atoms with Gasteiger partial charge in [0.2, 0.25) is 11.5 Å². The van der Waals surface area contributed by atoms with Crippen molar-refractivity contribution in [3.8, 4) is 75.7 Å². The number of benzene rings is 4. The zero-order valence-corrected chi connectivity index (χ0v) is 58.0. The fraction of sp³-hybridized carbons (Fsp3) is 0.512. The molecule has 530 valence electrons. The first kappa shape index (κ1) is 73.1. The van der Waals surface area contributed by atoms with Crippen molar-refractivity contribution in [2.45, 2.75) is 188 Å². The first-order valence-corrected chi connectivity index (χ1v) is 35.4. The maximum absolute atomic E-state index is 11.2. The van der Waals surface area contributed by atoms with E-state index in [4.69, 9.17) is 52.5 Å². The number of rotatable bonds is 18. The lowest BCUT2D eigenvalue weighted by Crippen LogP contribution is -2.34. The van der Waals surface area contributed by atoms with Crippen LogP contribution in [0.1, 0.15) is 181 Å². The van der Waals surface area contributed by atoms with Crippen LogP contribution < -0.4 is 47.4 Å². The Kier molecular flexibility index (Phi) is 25.2. The Morgan fingerprint density at radius 2 is 0.910 bits per heavy atom. The summed E-state index contributed by atoms with van der Waals surface area (Å²) in [6.45, 7) is 1.92. The number of ether oxygens (including phenoxy) is 10. The van der Waals surface area contributed by atoms with Gasteiger partial charge in [-0.15, -0.1) is 0 Å². The molecule has 1 atom stereocenters. The van der Waals surface area contributed by atoms with Crippen LogP contribution in [-0.2, 0) is 37.0 Å². The number of aromatic nitrogens is 1. The lowest BCUT2D eigenvalue weighted by molar-refractivity contribution is -0.144. The minimum Gasteiger partial charge on any atom is -0.493 e. The number of fused-ring (bicyclic) bond motifs is 2. The van der Waals surface area contributed by atoms with Crippen LogP contribution in [0.15, 0.2) is 109 Å². The van der Waals surface area contributed by atoms with E-state index in [-0.39, 0.29) is 23.9 Å². The Morgan fingerprint density at radius 3 is 1.35 bits per heavy atom. The molecule has 20 nitrogen and oxygen atoms in total. The Hall–Kier alpha value is -9.61. The quantitative estimate of drug-likeness (QED) is 0.0734. The minimum atomic E-state index is -0.784. The number of hydrogen-bond acceptors (Lipinski definition) is 17. The summed E-state index contributed by atoms with van der Waals surface area (Å²) in [5.74, 6) is 3.35. The standard InChI is InChI=1S/C25H29NO2.C20H25NO4.C18H21NO5.C17H19NO5/c1-27-24-12-11-21(18-25(24)28-22-9-5-6-10-22)23(20-7-3-2-4-8-20)17-19-13-15-26-16-14-19;1-24-17-7-6-15(12-18(17)25-16-4-2-3-5-16)20(13-21)10-8-14(9-11-20)19(22)23;1-22-14-4-3-13(15-16(14)24-10-2-9-23-15)18(11-19)7-5-12(6-8-18)17(20)21;1-21-13-3-2-12(14-15(13)23-9-8-22-14)17(10-18)6-4-11(5-7-17)16(19)20/h3,7-8,11-16,18,22-23H,2,4-6,9-10,17H2,1H3;6-7,12,14,16H,2-5,8-11H2,1H3,(H,22,23);3-4,12H,2,5-10H2,1H3,(H,20,21);2-3,11H,4-9H2,1H3,(H,19,20)/t23-;;;/m0.../s1. The Balaban J connectivity index is 0.000000144. The van der Waals surface area contributed by atoms with Gasteiger partial charge in [-0.2, -0.15) is 15.8 Å². The molecule has 5 fully saturated rings. The van der Waals surface area contributed by atoms with Gasteiger partial charge >= 0.3 is 17.9 Å². The molecule has 100 heavy (non-hydrogen) atoms. The third-order valence-corrected chi connectivity index (χ3v) is 21.3. The molecule has 0 bridgehead atoms. The monoisotopic (exact) mass is 1370 g/mol. The predicted molar refractivity (Wildman–Crippen MR) is 372 cm³/mol. The predicted octanol–water partition coefficient (Wildman–Crippen LogP) is 15.5. The summed E-state index contributed by atoms with van der Waals surface area (Å²) in [7, 11) is 6.47. The fourth-order valence-electron chi connectivity index (χ4n) is 15.4. The van der Waals surface area contributed by atoms with Gasteiger partial charge in [-0.3, -0.25) is 19.4 Å². The van der Waals surface area contributed by atoms with Crippen molar-refractivity contribution in [3.05, 3.63) is 137 Å². The van der Waals surface area contributed by atoms with Crippen LogP contribution in [0.4, 0.5) is 0 Å². The van der Waals surface area contributed by atoms with Crippen molar-refractivity contribution in [1.29, 1.82) is 15.8 Å². The molecule has 0 amide bonds. The maximum Gasteiger partial charge on any atom is 0.306 e. The topological polar surface area (TPSA) is 288 Å². The molecule has 5 saturated carbocycles. The summed E-state index contributed by atoms with van der Waals surface area (Å²) in [6, 6.07) is 31.0. The second-order valence-corrected chi connectivity index (χ2v) is 27.2. The number of nitriles is 3. The van der Waals surface area contributed by atoms with Crippen LogP contribution in [0, 0.1) is 51.7 Å². The van der Waals surface area contributed by atoms with Crippen molar-refractivity contribution in [3.63, 3.8) is 0 Å². The summed E-state index contributed by atoms with van der Waals surface area (Å²) in [6.07, 6.45) is 30.6. The molecule has 2 aliphatic heterocycles. The summed E-state index contributed by atoms with van der Waals surface area (Å²) < 4.78 is 57.3. The molecular weight excluding hydrogens is 1270 g/mol. The van der Waals surface area contributed by atoms with Gasteiger partial charge < -0.3 is 62.7 Å². The normalized spacial score (nSPS) is 24.0. The highest BCUT2D eigenvalue weighted by molar-refractivity contribution is 5.72. The molecule has 20 heteroatoms. The number of methoxy groups -OCH3 is 4. The summed E-state index contributed by atoms with van der Waals surface area (Å²) in [5, 5.41) is 57.1. The van der Waals surface area contributed by atoms with Crippen molar-refractivity contribution >= 4 is 17.9 Å².